The molecule has 0 unspecified atom stereocenters. The van der Waals surface area contributed by atoms with Gasteiger partial charge in [0.2, 0.25) is 0 Å². The molecule has 2 fully saturated rings. The number of carbonyl (C=O) groups is 4. The fraction of sp³-hybridized carbons (Fsp3) is 0.737. The van der Waals surface area contributed by atoms with E-state index in [0.29, 0.717) is 12.8 Å². The molecule has 1 aliphatic heterocycles. The van der Waals surface area contributed by atoms with Crippen LogP contribution in [0.2, 0.25) is 0 Å². The maximum atomic E-state index is 13.0. The third-order valence-electron chi connectivity index (χ3n) is 5.25. The summed E-state index contributed by atoms with van der Waals surface area (Å²) >= 11 is 0. The van der Waals surface area contributed by atoms with Crippen molar-refractivity contribution in [2.45, 2.75) is 52.0 Å². The molecule has 0 bridgehead atoms. The Morgan fingerprint density at radius 1 is 1.36 bits per heavy atom. The molecule has 9 nitrogen and oxygen atoms in total. The molecule has 2 aliphatic rings. The van der Waals surface area contributed by atoms with Crippen LogP contribution in [0.4, 0.5) is 4.79 Å². The van der Waals surface area contributed by atoms with E-state index in [2.05, 4.69) is 19.2 Å². The van der Waals surface area contributed by atoms with Crippen molar-refractivity contribution in [2.75, 3.05) is 26.7 Å². The fourth-order valence-corrected chi connectivity index (χ4v) is 4.42. The highest BCUT2D eigenvalue weighted by atomic mass is 16.5. The van der Waals surface area contributed by atoms with Crippen molar-refractivity contribution in [1.29, 1.82) is 5.26 Å². The quantitative estimate of drug-likeness (QED) is 0.533. The van der Waals surface area contributed by atoms with Gasteiger partial charge in [0, 0.05) is 13.6 Å². The fourth-order valence-electron chi connectivity index (χ4n) is 4.42. The molecule has 4 amide bonds. The molecule has 1 saturated heterocycles. The molecule has 9 heteroatoms. The molecule has 0 aromatic carbocycles. The van der Waals surface area contributed by atoms with Gasteiger partial charge in [0.05, 0.1) is 12.5 Å². The Bertz CT molecular complexity index is 714. The average molecular weight is 392 g/mol. The predicted octanol–water partition coefficient (Wildman–Crippen LogP) is 1.04. The van der Waals surface area contributed by atoms with Crippen molar-refractivity contribution in [3.8, 4) is 6.07 Å². The molecule has 1 aliphatic carbocycles. The van der Waals surface area contributed by atoms with Crippen LogP contribution in [0, 0.1) is 22.7 Å². The van der Waals surface area contributed by atoms with E-state index in [1.807, 2.05) is 13.0 Å². The highest BCUT2D eigenvalue weighted by Crippen LogP contribution is 2.46. The molecular weight excluding hydrogens is 364 g/mol. The first-order valence-electron chi connectivity index (χ1n) is 9.40. The molecular formula is C19H28N4O5. The Labute approximate surface area is 165 Å². The van der Waals surface area contributed by atoms with Crippen molar-refractivity contribution in [1.82, 2.24) is 15.1 Å². The Morgan fingerprint density at radius 2 is 2.04 bits per heavy atom. The minimum absolute atomic E-state index is 0.0996. The molecule has 2 rings (SSSR count). The van der Waals surface area contributed by atoms with Crippen LogP contribution < -0.4 is 5.32 Å². The normalized spacial score (nSPS) is 26.0. The van der Waals surface area contributed by atoms with Gasteiger partial charge in [-0.25, -0.2) is 4.79 Å². The number of ether oxygens (including phenoxy) is 1. The standard InChI is InChI=1S/C19H28N4O5/c1-13-8-18(2,3)12-19(9-13)16(26)23(17(27)21-19)10-15(25)28-11-14(24)22(4)7-5-6-20/h13H,5,7-12H2,1-4H3,(H,21,27)/t13-,19-/m1/s1. The number of rotatable bonds is 6. The van der Waals surface area contributed by atoms with Gasteiger partial charge in [-0.3, -0.25) is 19.3 Å². The van der Waals surface area contributed by atoms with Crippen molar-refractivity contribution >= 4 is 23.8 Å². The van der Waals surface area contributed by atoms with Crippen LogP contribution in [0.1, 0.15) is 46.5 Å². The van der Waals surface area contributed by atoms with Crippen molar-refractivity contribution in [3.63, 3.8) is 0 Å². The first kappa shape index (κ1) is 21.7. The minimum Gasteiger partial charge on any atom is -0.454 e. The van der Waals surface area contributed by atoms with Crippen molar-refractivity contribution in [3.05, 3.63) is 0 Å². The Balaban J connectivity index is 1.95. The highest BCUT2D eigenvalue weighted by Gasteiger charge is 2.56. The first-order valence-corrected chi connectivity index (χ1v) is 9.40. The highest BCUT2D eigenvalue weighted by molar-refractivity contribution is 6.08. The molecule has 0 radical (unpaired) electrons. The molecule has 28 heavy (non-hydrogen) atoms. The molecule has 154 valence electrons. The lowest BCUT2D eigenvalue weighted by Crippen LogP contribution is -2.54. The number of likely N-dealkylation sites (N-methyl/N-ethyl adjacent to an activating group) is 1. The predicted molar refractivity (Wildman–Crippen MR) is 98.6 cm³/mol. The second-order valence-corrected chi connectivity index (χ2v) is 8.64. The molecule has 0 aromatic rings. The molecule has 1 saturated carbocycles. The zero-order valence-corrected chi connectivity index (χ0v) is 16.9. The van der Waals surface area contributed by atoms with E-state index in [1.165, 1.54) is 11.9 Å². The summed E-state index contributed by atoms with van der Waals surface area (Å²) in [6.07, 6.45) is 2.19. The van der Waals surface area contributed by atoms with E-state index in [9.17, 15) is 19.2 Å². The zero-order chi connectivity index (χ0) is 21.1. The number of hydrogen-bond donors (Lipinski definition) is 1. The van der Waals surface area contributed by atoms with E-state index in [-0.39, 0.29) is 24.3 Å². The first-order chi connectivity index (χ1) is 13.0. The number of hydrogen-bond acceptors (Lipinski definition) is 6. The lowest BCUT2D eigenvalue weighted by Gasteiger charge is -2.43. The molecule has 1 spiro atoms. The number of imide groups is 1. The Morgan fingerprint density at radius 3 is 2.64 bits per heavy atom. The third kappa shape index (κ3) is 4.80. The zero-order valence-electron chi connectivity index (χ0n) is 16.9. The number of amides is 4. The maximum absolute atomic E-state index is 13.0. The number of esters is 1. The summed E-state index contributed by atoms with van der Waals surface area (Å²) in [5.74, 6) is -1.43. The second kappa shape index (κ2) is 8.17. The summed E-state index contributed by atoms with van der Waals surface area (Å²) < 4.78 is 4.91. The van der Waals surface area contributed by atoms with Crippen LogP contribution in [-0.2, 0) is 19.1 Å². The number of nitriles is 1. The topological polar surface area (TPSA) is 120 Å². The summed E-state index contributed by atoms with van der Waals surface area (Å²) in [4.78, 5) is 51.4. The monoisotopic (exact) mass is 392 g/mol. The summed E-state index contributed by atoms with van der Waals surface area (Å²) in [5, 5.41) is 11.3. The van der Waals surface area contributed by atoms with Gasteiger partial charge < -0.3 is 15.0 Å². The smallest absolute Gasteiger partial charge is 0.326 e. The SMILES string of the molecule is C[C@@H]1CC(C)(C)C[C@@]2(C1)NC(=O)N(CC(=O)OCC(=O)N(C)CCC#N)C2=O. The van der Waals surface area contributed by atoms with Gasteiger partial charge in [-0.15, -0.1) is 0 Å². The Kier molecular flexibility index (Phi) is 6.32. The number of nitrogens with zero attached hydrogens (tertiary/aromatic N) is 3. The van der Waals surface area contributed by atoms with Gasteiger partial charge in [0.1, 0.15) is 12.1 Å². The molecule has 1 heterocycles. The lowest BCUT2D eigenvalue weighted by atomic mass is 9.64. The van der Waals surface area contributed by atoms with Gasteiger partial charge in [-0.05, 0) is 30.6 Å². The molecule has 0 aromatic heterocycles. The van der Waals surface area contributed by atoms with Crippen molar-refractivity contribution in [2.24, 2.45) is 11.3 Å². The van der Waals surface area contributed by atoms with E-state index in [0.717, 1.165) is 11.3 Å². The van der Waals surface area contributed by atoms with Gasteiger partial charge >= 0.3 is 12.0 Å². The van der Waals surface area contributed by atoms with Crippen LogP contribution in [0.15, 0.2) is 0 Å². The lowest BCUT2D eigenvalue weighted by molar-refractivity contribution is -0.153. The summed E-state index contributed by atoms with van der Waals surface area (Å²) in [6.45, 7) is 5.38. The van der Waals surface area contributed by atoms with E-state index in [1.54, 1.807) is 0 Å². The largest absolute Gasteiger partial charge is 0.454 e. The van der Waals surface area contributed by atoms with E-state index in [4.69, 9.17) is 10.00 Å². The summed E-state index contributed by atoms with van der Waals surface area (Å²) in [6, 6.07) is 1.32. The minimum atomic E-state index is -0.980. The number of carbonyl (C=O) groups excluding carboxylic acids is 4. The van der Waals surface area contributed by atoms with Crippen LogP contribution >= 0.6 is 0 Å². The number of urea groups is 1. The van der Waals surface area contributed by atoms with Gasteiger partial charge in [0.25, 0.3) is 11.8 Å². The summed E-state index contributed by atoms with van der Waals surface area (Å²) in [5.41, 5.74) is -1.08. The van der Waals surface area contributed by atoms with E-state index >= 15 is 0 Å². The van der Waals surface area contributed by atoms with Crippen LogP contribution in [0.3, 0.4) is 0 Å². The molecule has 2 atom stereocenters. The third-order valence-corrected chi connectivity index (χ3v) is 5.25. The van der Waals surface area contributed by atoms with Gasteiger partial charge in [-0.2, -0.15) is 5.26 Å². The van der Waals surface area contributed by atoms with Gasteiger partial charge in [-0.1, -0.05) is 20.8 Å². The van der Waals surface area contributed by atoms with Crippen LogP contribution in [-0.4, -0.2) is 65.9 Å². The van der Waals surface area contributed by atoms with E-state index < -0.39 is 42.5 Å². The second-order valence-electron chi connectivity index (χ2n) is 8.64. The average Bonchev–Trinajstić information content (AvgIpc) is 2.79. The van der Waals surface area contributed by atoms with Crippen molar-refractivity contribution < 1.29 is 23.9 Å². The van der Waals surface area contributed by atoms with Crippen LogP contribution in [0.25, 0.3) is 0 Å². The Hall–Kier alpha value is -2.63. The maximum Gasteiger partial charge on any atom is 0.326 e. The summed E-state index contributed by atoms with van der Waals surface area (Å²) in [7, 11) is 1.50. The molecule has 1 N–H and O–H groups in total. The van der Waals surface area contributed by atoms with Crippen LogP contribution in [0.5, 0.6) is 0 Å². The number of nitrogens with one attached hydrogen (secondary N) is 1. The van der Waals surface area contributed by atoms with Gasteiger partial charge in [0.15, 0.2) is 6.61 Å².